The lowest BCUT2D eigenvalue weighted by atomic mass is 10.1. The molecule has 5 heterocycles. The van der Waals surface area contributed by atoms with E-state index in [0.717, 1.165) is 25.9 Å². The van der Waals surface area contributed by atoms with Gasteiger partial charge in [0.05, 0.1) is 24.2 Å². The van der Waals surface area contributed by atoms with Crippen molar-refractivity contribution in [2.45, 2.75) is 42.7 Å². The molecule has 2 saturated heterocycles. The van der Waals surface area contributed by atoms with E-state index in [4.69, 9.17) is 4.74 Å². The van der Waals surface area contributed by atoms with Gasteiger partial charge in [-0.2, -0.15) is 4.52 Å². The van der Waals surface area contributed by atoms with E-state index < -0.39 is 27.0 Å². The highest BCUT2D eigenvalue weighted by Crippen LogP contribution is 2.37. The highest BCUT2D eigenvalue weighted by atomic mass is 32.2. The Morgan fingerprint density at radius 3 is 2.77 bits per heavy atom. The van der Waals surface area contributed by atoms with Gasteiger partial charge in [0.1, 0.15) is 11.3 Å². The van der Waals surface area contributed by atoms with Gasteiger partial charge in [-0.25, -0.2) is 21.9 Å². The highest BCUT2D eigenvalue weighted by molar-refractivity contribution is 7.89. The number of morpholine rings is 1. The Labute approximate surface area is 204 Å². The Morgan fingerprint density at radius 2 is 2.03 bits per heavy atom. The second kappa shape index (κ2) is 8.37. The molecule has 3 aromatic heterocycles. The maximum atomic E-state index is 13.3. The summed E-state index contributed by atoms with van der Waals surface area (Å²) in [7, 11) is -3.85. The van der Waals surface area contributed by atoms with Crippen LogP contribution in [0.3, 0.4) is 0 Å². The first-order valence-corrected chi connectivity index (χ1v) is 13.6. The number of anilines is 1. The van der Waals surface area contributed by atoms with Crippen molar-refractivity contribution in [2.24, 2.45) is 0 Å². The van der Waals surface area contributed by atoms with Gasteiger partial charge in [-0.3, -0.25) is 4.90 Å². The summed E-state index contributed by atoms with van der Waals surface area (Å²) in [5.74, 6) is 0.561. The Hall–Kier alpha value is -2.33. The Bertz CT molecular complexity index is 1370. The minimum atomic E-state index is -3.85. The van der Waals surface area contributed by atoms with Gasteiger partial charge in [-0.05, 0) is 25.8 Å². The second-order valence-electron chi connectivity index (χ2n) is 9.41. The molecule has 0 radical (unpaired) electrons. The van der Waals surface area contributed by atoms with Gasteiger partial charge in [0.15, 0.2) is 15.7 Å². The number of hydrogen-bond donors (Lipinski definition) is 1. The molecule has 1 aliphatic carbocycles. The van der Waals surface area contributed by atoms with Gasteiger partial charge in [-0.15, -0.1) is 15.3 Å². The third-order valence-corrected chi connectivity index (χ3v) is 9.31. The molecule has 3 fully saturated rings. The number of rotatable bonds is 6. The molecule has 0 spiro atoms. The van der Waals surface area contributed by atoms with Crippen LogP contribution >= 0.6 is 11.3 Å². The summed E-state index contributed by atoms with van der Waals surface area (Å²) >= 11 is 0.713. The van der Waals surface area contributed by atoms with E-state index >= 15 is 0 Å². The summed E-state index contributed by atoms with van der Waals surface area (Å²) in [5.41, 5.74) is 0.121. The summed E-state index contributed by atoms with van der Waals surface area (Å²) in [6, 6.07) is 3.25. The SMILES string of the molecule is CC1(NS(=O)(=O)c2cc(N3CCN4CCOC[C@H]4C3)n3nnc(-c4nnc(C(F)F)s4)c3c2)CC1. The molecule has 2 aliphatic heterocycles. The zero-order valence-corrected chi connectivity index (χ0v) is 20.5. The maximum absolute atomic E-state index is 13.3. The summed E-state index contributed by atoms with van der Waals surface area (Å²) in [5, 5.41) is 15.6. The van der Waals surface area contributed by atoms with Crippen molar-refractivity contribution in [1.29, 1.82) is 0 Å². The number of nitrogens with zero attached hydrogens (tertiary/aromatic N) is 7. The molecule has 0 unspecified atom stereocenters. The third-order valence-electron chi connectivity index (χ3n) is 6.75. The van der Waals surface area contributed by atoms with Crippen molar-refractivity contribution >= 4 is 32.7 Å². The Balaban J connectivity index is 1.46. The summed E-state index contributed by atoms with van der Waals surface area (Å²) in [6.07, 6.45) is -1.22. The Morgan fingerprint density at radius 1 is 1.20 bits per heavy atom. The number of pyridine rings is 1. The summed E-state index contributed by atoms with van der Waals surface area (Å²) in [4.78, 5) is 4.51. The monoisotopic (exact) mass is 526 g/mol. The first-order valence-electron chi connectivity index (χ1n) is 11.3. The van der Waals surface area contributed by atoms with E-state index in [1.807, 2.05) is 6.92 Å². The van der Waals surface area contributed by atoms with E-state index in [2.05, 4.69) is 35.0 Å². The minimum absolute atomic E-state index is 0.0672. The third kappa shape index (κ3) is 4.28. The van der Waals surface area contributed by atoms with Crippen LogP contribution < -0.4 is 9.62 Å². The van der Waals surface area contributed by atoms with E-state index in [0.29, 0.717) is 49.0 Å². The van der Waals surface area contributed by atoms with Crippen molar-refractivity contribution in [3.8, 4) is 10.7 Å². The molecule has 1 N–H and O–H groups in total. The Kier molecular flexibility index (Phi) is 5.52. The molecule has 15 heteroatoms. The van der Waals surface area contributed by atoms with Crippen molar-refractivity contribution in [2.75, 3.05) is 44.3 Å². The van der Waals surface area contributed by atoms with Crippen LogP contribution in [0.2, 0.25) is 0 Å². The molecule has 3 aromatic rings. The predicted octanol–water partition coefficient (Wildman–Crippen LogP) is 1.54. The van der Waals surface area contributed by atoms with Crippen molar-refractivity contribution in [3.05, 3.63) is 17.1 Å². The van der Waals surface area contributed by atoms with Crippen LogP contribution in [-0.4, -0.2) is 89.3 Å². The van der Waals surface area contributed by atoms with E-state index in [1.54, 1.807) is 10.6 Å². The van der Waals surface area contributed by atoms with Gasteiger partial charge in [0.2, 0.25) is 10.0 Å². The maximum Gasteiger partial charge on any atom is 0.291 e. The fourth-order valence-electron chi connectivity index (χ4n) is 4.53. The standard InChI is InChI=1S/C20H24F2N8O3S2/c1-20(2-3-20)26-35(31,32)13-8-14-16(18-24-25-19(34-18)17(21)22)23-27-30(14)15(9-13)29-5-4-28-6-7-33-11-12(28)10-29/h8-9,12,17,26H,2-7,10-11H2,1H3/t12-/m1/s1. The number of alkyl halides is 2. The molecule has 1 saturated carbocycles. The highest BCUT2D eigenvalue weighted by Gasteiger charge is 2.42. The first kappa shape index (κ1) is 23.1. The lowest BCUT2D eigenvalue weighted by molar-refractivity contribution is -0.0118. The number of piperazine rings is 1. The van der Waals surface area contributed by atoms with Crippen LogP contribution in [-0.2, 0) is 14.8 Å². The van der Waals surface area contributed by atoms with Crippen LogP contribution in [0, 0.1) is 0 Å². The van der Waals surface area contributed by atoms with Gasteiger partial charge in [0.25, 0.3) is 6.43 Å². The smallest absolute Gasteiger partial charge is 0.291 e. The lowest BCUT2D eigenvalue weighted by Crippen LogP contribution is -2.58. The summed E-state index contributed by atoms with van der Waals surface area (Å²) in [6.45, 7) is 6.14. The van der Waals surface area contributed by atoms with Crippen LogP contribution in [0.5, 0.6) is 0 Å². The fourth-order valence-corrected chi connectivity index (χ4v) is 6.72. The molecule has 188 valence electrons. The largest absolute Gasteiger partial charge is 0.378 e. The molecule has 0 amide bonds. The van der Waals surface area contributed by atoms with Crippen LogP contribution in [0.4, 0.5) is 14.6 Å². The second-order valence-corrected chi connectivity index (χ2v) is 12.1. The predicted molar refractivity (Wildman–Crippen MR) is 123 cm³/mol. The minimum Gasteiger partial charge on any atom is -0.378 e. The average Bonchev–Trinajstić information content (AvgIpc) is 3.22. The number of halogens is 2. The topological polar surface area (TPSA) is 118 Å². The van der Waals surface area contributed by atoms with Gasteiger partial charge < -0.3 is 9.64 Å². The normalized spacial score (nSPS) is 22.6. The quantitative estimate of drug-likeness (QED) is 0.510. The zero-order valence-electron chi connectivity index (χ0n) is 18.9. The van der Waals surface area contributed by atoms with Crippen molar-refractivity contribution in [3.63, 3.8) is 0 Å². The van der Waals surface area contributed by atoms with Gasteiger partial charge in [-0.1, -0.05) is 16.6 Å². The van der Waals surface area contributed by atoms with E-state index in [9.17, 15) is 17.2 Å². The number of ether oxygens (including phenoxy) is 1. The number of nitrogens with one attached hydrogen (secondary N) is 1. The van der Waals surface area contributed by atoms with Crippen LogP contribution in [0.25, 0.3) is 16.2 Å². The molecule has 3 aliphatic rings. The van der Waals surface area contributed by atoms with Crippen molar-refractivity contribution in [1.82, 2.24) is 34.6 Å². The molecule has 6 rings (SSSR count). The lowest BCUT2D eigenvalue weighted by Gasteiger charge is -2.44. The number of hydrogen-bond acceptors (Lipinski definition) is 10. The number of aromatic nitrogens is 5. The van der Waals surface area contributed by atoms with E-state index in [-0.39, 0.29) is 21.6 Å². The molecular formula is C20H24F2N8O3S2. The number of fused-ring (bicyclic) bond motifs is 2. The van der Waals surface area contributed by atoms with Crippen LogP contribution in [0.1, 0.15) is 31.2 Å². The van der Waals surface area contributed by atoms with Gasteiger partial charge >= 0.3 is 0 Å². The molecule has 0 aromatic carbocycles. The summed E-state index contributed by atoms with van der Waals surface area (Å²) < 4.78 is 62.9. The van der Waals surface area contributed by atoms with Crippen LogP contribution in [0.15, 0.2) is 17.0 Å². The molecular weight excluding hydrogens is 502 g/mol. The fraction of sp³-hybridized carbons (Fsp3) is 0.600. The molecule has 1 atom stereocenters. The average molecular weight is 527 g/mol. The van der Waals surface area contributed by atoms with Crippen molar-refractivity contribution < 1.29 is 21.9 Å². The molecule has 0 bridgehead atoms. The zero-order chi connectivity index (χ0) is 24.4. The number of sulfonamides is 1. The van der Waals surface area contributed by atoms with E-state index in [1.165, 1.54) is 6.07 Å². The molecule has 35 heavy (non-hydrogen) atoms. The molecule has 11 nitrogen and oxygen atoms in total. The van der Waals surface area contributed by atoms with Gasteiger partial charge in [0, 0.05) is 37.8 Å². The first-order chi connectivity index (χ1) is 16.7.